The Morgan fingerprint density at radius 1 is 1.03 bits per heavy atom. The lowest BCUT2D eigenvalue weighted by Gasteiger charge is -2.31. The van der Waals surface area contributed by atoms with Crippen LogP contribution in [0.5, 0.6) is 11.5 Å². The van der Waals surface area contributed by atoms with E-state index in [1.54, 1.807) is 24.4 Å². The molecule has 1 amide bonds. The van der Waals surface area contributed by atoms with Crippen LogP contribution in [0.1, 0.15) is 42.5 Å². The number of hydrogen-bond acceptors (Lipinski definition) is 5. The maximum Gasteiger partial charge on any atom is 0.340 e. The summed E-state index contributed by atoms with van der Waals surface area (Å²) in [5.41, 5.74) is 1.81. The predicted octanol–water partition coefficient (Wildman–Crippen LogP) is 4.40. The number of para-hydroxylation sites is 1. The van der Waals surface area contributed by atoms with E-state index < -0.39 is 17.7 Å². The summed E-state index contributed by atoms with van der Waals surface area (Å²) in [7, 11) is 0. The van der Waals surface area contributed by atoms with E-state index in [0.717, 1.165) is 36.6 Å². The third kappa shape index (κ3) is 3.47. The topological polar surface area (TPSA) is 89.7 Å². The second-order valence-electron chi connectivity index (χ2n) is 7.71. The highest BCUT2D eigenvalue weighted by molar-refractivity contribution is 6.05. The van der Waals surface area contributed by atoms with Gasteiger partial charge in [0.1, 0.15) is 0 Å². The minimum absolute atomic E-state index is 0.378. The van der Waals surface area contributed by atoms with Crippen LogP contribution in [0.15, 0.2) is 48.7 Å². The fraction of sp³-hybridized carbons (Fsp3) is 0.304. The van der Waals surface area contributed by atoms with E-state index in [1.165, 1.54) is 6.42 Å². The lowest BCUT2D eigenvalue weighted by Crippen LogP contribution is -2.40. The molecule has 2 heterocycles. The van der Waals surface area contributed by atoms with Crippen molar-refractivity contribution in [2.75, 3.05) is 11.9 Å². The molecule has 154 valence electrons. The summed E-state index contributed by atoms with van der Waals surface area (Å²) in [6, 6.07) is 12.7. The van der Waals surface area contributed by atoms with Gasteiger partial charge in [0.15, 0.2) is 18.1 Å². The monoisotopic (exact) mass is 406 g/mol. The molecule has 2 N–H and O–H groups in total. The Hall–Kier alpha value is -3.48. The number of amides is 1. The van der Waals surface area contributed by atoms with Crippen LogP contribution in [0, 0.1) is 0 Å². The maximum absolute atomic E-state index is 12.3. The number of aromatic amines is 1. The van der Waals surface area contributed by atoms with Crippen molar-refractivity contribution in [3.63, 3.8) is 0 Å². The van der Waals surface area contributed by atoms with E-state index in [9.17, 15) is 9.59 Å². The normalized spacial score (nSPS) is 16.5. The molecule has 0 atom stereocenters. The summed E-state index contributed by atoms with van der Waals surface area (Å²) in [6.45, 7) is -0.378. The molecule has 0 unspecified atom stereocenters. The van der Waals surface area contributed by atoms with Crippen LogP contribution >= 0.6 is 0 Å². The Morgan fingerprint density at radius 2 is 1.83 bits per heavy atom. The fourth-order valence-corrected chi connectivity index (χ4v) is 4.11. The van der Waals surface area contributed by atoms with Gasteiger partial charge in [-0.3, -0.25) is 4.79 Å². The Morgan fingerprint density at radius 3 is 2.70 bits per heavy atom. The van der Waals surface area contributed by atoms with Crippen molar-refractivity contribution in [2.45, 2.75) is 37.9 Å². The molecule has 2 aromatic carbocycles. The Balaban J connectivity index is 1.20. The maximum atomic E-state index is 12.3. The zero-order chi connectivity index (χ0) is 20.6. The zero-order valence-electron chi connectivity index (χ0n) is 16.4. The molecule has 1 fully saturated rings. The first-order valence-corrected chi connectivity index (χ1v) is 10.2. The van der Waals surface area contributed by atoms with E-state index >= 15 is 0 Å². The molecular weight excluding hydrogens is 384 g/mol. The first kappa shape index (κ1) is 18.5. The predicted molar refractivity (Wildman–Crippen MR) is 111 cm³/mol. The first-order valence-electron chi connectivity index (χ1n) is 10.2. The lowest BCUT2D eigenvalue weighted by atomic mass is 9.94. The third-order valence-corrected chi connectivity index (χ3v) is 5.58. The van der Waals surface area contributed by atoms with Crippen molar-refractivity contribution in [1.29, 1.82) is 0 Å². The van der Waals surface area contributed by atoms with Gasteiger partial charge in [-0.15, -0.1) is 0 Å². The highest BCUT2D eigenvalue weighted by Crippen LogP contribution is 2.46. The summed E-state index contributed by atoms with van der Waals surface area (Å²) in [5, 5.41) is 3.50. The number of esters is 1. The van der Waals surface area contributed by atoms with Gasteiger partial charge in [0, 0.05) is 41.7 Å². The molecule has 7 heteroatoms. The van der Waals surface area contributed by atoms with Gasteiger partial charge >= 0.3 is 5.97 Å². The number of H-pyrrole nitrogens is 1. The van der Waals surface area contributed by atoms with Crippen LogP contribution in [0.3, 0.4) is 0 Å². The number of carbonyl (C=O) groups is 2. The van der Waals surface area contributed by atoms with E-state index in [1.807, 2.05) is 24.3 Å². The summed E-state index contributed by atoms with van der Waals surface area (Å²) in [6.07, 6.45) is 6.69. The minimum atomic E-state index is -0.557. The van der Waals surface area contributed by atoms with Crippen molar-refractivity contribution >= 4 is 28.5 Å². The summed E-state index contributed by atoms with van der Waals surface area (Å²) in [5.74, 6) is -0.203. The quantitative estimate of drug-likeness (QED) is 0.627. The molecule has 0 saturated heterocycles. The van der Waals surface area contributed by atoms with Crippen LogP contribution in [-0.4, -0.2) is 29.3 Å². The van der Waals surface area contributed by atoms with Gasteiger partial charge in [-0.25, -0.2) is 4.79 Å². The molecule has 0 bridgehead atoms. The number of aromatic nitrogens is 1. The molecule has 1 saturated carbocycles. The molecule has 7 nitrogen and oxygen atoms in total. The third-order valence-electron chi connectivity index (χ3n) is 5.58. The summed E-state index contributed by atoms with van der Waals surface area (Å²) < 4.78 is 17.3. The van der Waals surface area contributed by atoms with Gasteiger partial charge < -0.3 is 24.5 Å². The summed E-state index contributed by atoms with van der Waals surface area (Å²) >= 11 is 0. The molecule has 1 aromatic heterocycles. The number of anilines is 1. The van der Waals surface area contributed by atoms with Gasteiger partial charge in [0.05, 0.1) is 5.56 Å². The van der Waals surface area contributed by atoms with E-state index in [0.29, 0.717) is 22.7 Å². The van der Waals surface area contributed by atoms with Crippen LogP contribution in [0.2, 0.25) is 0 Å². The minimum Gasteiger partial charge on any atom is -0.452 e. The number of nitrogens with one attached hydrogen (secondary N) is 2. The number of hydrogen-bond donors (Lipinski definition) is 2. The van der Waals surface area contributed by atoms with Crippen LogP contribution in [-0.2, 0) is 9.53 Å². The lowest BCUT2D eigenvalue weighted by molar-refractivity contribution is -0.119. The average molecular weight is 406 g/mol. The number of rotatable bonds is 4. The van der Waals surface area contributed by atoms with Crippen molar-refractivity contribution in [3.8, 4) is 11.5 Å². The molecular formula is C23H22N2O5. The zero-order valence-corrected chi connectivity index (χ0v) is 16.4. The highest BCUT2D eigenvalue weighted by atomic mass is 16.7. The molecule has 1 spiro atoms. The van der Waals surface area contributed by atoms with Gasteiger partial charge in [-0.05, 0) is 31.0 Å². The Kier molecular flexibility index (Phi) is 4.58. The molecule has 1 aliphatic carbocycles. The average Bonchev–Trinajstić information content (AvgIpc) is 3.33. The molecule has 0 radical (unpaired) electrons. The second kappa shape index (κ2) is 7.40. The summed E-state index contributed by atoms with van der Waals surface area (Å²) in [4.78, 5) is 27.6. The smallest absolute Gasteiger partial charge is 0.340 e. The number of fused-ring (bicyclic) bond motifs is 2. The van der Waals surface area contributed by atoms with Gasteiger partial charge in [0.2, 0.25) is 0 Å². The molecule has 3 aromatic rings. The van der Waals surface area contributed by atoms with Gasteiger partial charge in [-0.1, -0.05) is 24.6 Å². The molecule has 2 aliphatic rings. The van der Waals surface area contributed by atoms with Crippen LogP contribution < -0.4 is 14.8 Å². The second-order valence-corrected chi connectivity index (χ2v) is 7.71. The first-order chi connectivity index (χ1) is 14.6. The highest BCUT2D eigenvalue weighted by Gasteiger charge is 2.42. The van der Waals surface area contributed by atoms with Crippen molar-refractivity contribution < 1.29 is 23.8 Å². The Bertz CT molecular complexity index is 1110. The van der Waals surface area contributed by atoms with Crippen LogP contribution in [0.4, 0.5) is 5.69 Å². The van der Waals surface area contributed by atoms with Crippen molar-refractivity contribution in [1.82, 2.24) is 4.98 Å². The molecule has 5 rings (SSSR count). The van der Waals surface area contributed by atoms with Crippen LogP contribution in [0.25, 0.3) is 10.9 Å². The number of ether oxygens (including phenoxy) is 3. The van der Waals surface area contributed by atoms with Gasteiger partial charge in [0.25, 0.3) is 11.7 Å². The van der Waals surface area contributed by atoms with Crippen molar-refractivity contribution in [3.05, 3.63) is 54.2 Å². The number of carbonyl (C=O) groups excluding carboxylic acids is 2. The van der Waals surface area contributed by atoms with Gasteiger partial charge in [-0.2, -0.15) is 0 Å². The number of benzene rings is 2. The molecule has 30 heavy (non-hydrogen) atoms. The fourth-order valence-electron chi connectivity index (χ4n) is 4.11. The largest absolute Gasteiger partial charge is 0.452 e. The molecule has 1 aliphatic heterocycles. The van der Waals surface area contributed by atoms with E-state index in [-0.39, 0.29) is 6.61 Å². The standard InChI is InChI=1S/C23H22N2O5/c26-21(14-28-22(27)17-13-24-18-7-3-2-6-16(17)18)25-15-8-9-19-20(12-15)30-23(29-19)10-4-1-5-11-23/h2-3,6-9,12-13,24H,1,4-5,10-11,14H2,(H,25,26). The van der Waals surface area contributed by atoms with E-state index in [2.05, 4.69) is 10.3 Å². The SMILES string of the molecule is O=C(COC(=O)c1c[nH]c2ccccc12)Nc1ccc2c(c1)OC1(CCCCC1)O2. The Labute approximate surface area is 173 Å². The van der Waals surface area contributed by atoms with E-state index in [4.69, 9.17) is 14.2 Å². The van der Waals surface area contributed by atoms with Crippen molar-refractivity contribution in [2.24, 2.45) is 0 Å².